The van der Waals surface area contributed by atoms with Crippen molar-refractivity contribution < 1.29 is 9.90 Å². The number of nitrogens with one attached hydrogen (secondary N) is 2. The van der Waals surface area contributed by atoms with E-state index in [4.69, 9.17) is 5.11 Å². The fourth-order valence-electron chi connectivity index (χ4n) is 1.18. The Balaban J connectivity index is 2.69. The molecule has 1 amide bonds. The Morgan fingerprint density at radius 1 is 1.56 bits per heavy atom. The van der Waals surface area contributed by atoms with Crippen LogP contribution in [0, 0.1) is 5.92 Å². The van der Waals surface area contributed by atoms with Crippen LogP contribution in [0.2, 0.25) is 0 Å². The Morgan fingerprint density at radius 2 is 2.25 bits per heavy atom. The highest BCUT2D eigenvalue weighted by molar-refractivity contribution is 5.94. The highest BCUT2D eigenvalue weighted by Crippen LogP contribution is 2.02. The molecule has 0 bridgehead atoms. The highest BCUT2D eigenvalue weighted by Gasteiger charge is 2.14. The molecule has 16 heavy (non-hydrogen) atoms. The normalized spacial score (nSPS) is 14.2. The zero-order valence-electron chi connectivity index (χ0n) is 9.36. The Labute approximate surface area is 93.5 Å². The predicted molar refractivity (Wildman–Crippen MR) is 60.2 cm³/mol. The average Bonchev–Trinajstić information content (AvgIpc) is 2.27. The molecule has 0 spiro atoms. The molecule has 0 saturated heterocycles. The van der Waals surface area contributed by atoms with Gasteiger partial charge in [0.1, 0.15) is 0 Å². The van der Waals surface area contributed by atoms with Crippen LogP contribution >= 0.6 is 0 Å². The van der Waals surface area contributed by atoms with Crippen molar-refractivity contribution in [3.63, 3.8) is 0 Å². The maximum atomic E-state index is 11.7. The van der Waals surface area contributed by atoms with Gasteiger partial charge in [0.05, 0.1) is 0 Å². The predicted octanol–water partition coefficient (Wildman–Crippen LogP) is 0.122. The topological polar surface area (TPSA) is 82.2 Å². The lowest BCUT2D eigenvalue weighted by Crippen LogP contribution is -2.38. The molecule has 2 unspecified atom stereocenters. The summed E-state index contributed by atoms with van der Waals surface area (Å²) < 4.78 is 0. The third-order valence-corrected chi connectivity index (χ3v) is 2.54. The van der Waals surface area contributed by atoms with E-state index in [1.54, 1.807) is 0 Å². The lowest BCUT2D eigenvalue weighted by Gasteiger charge is -2.19. The Morgan fingerprint density at radius 3 is 2.81 bits per heavy atom. The number of rotatable bonds is 4. The summed E-state index contributed by atoms with van der Waals surface area (Å²) in [6, 6.07) is 2.63. The Kier molecular flexibility index (Phi) is 4.25. The van der Waals surface area contributed by atoms with Gasteiger partial charge in [-0.05, 0) is 18.9 Å². The van der Waals surface area contributed by atoms with E-state index in [2.05, 4.69) is 10.3 Å². The van der Waals surface area contributed by atoms with Crippen LogP contribution in [-0.2, 0) is 0 Å². The fourth-order valence-corrected chi connectivity index (χ4v) is 1.18. The van der Waals surface area contributed by atoms with Crippen molar-refractivity contribution in [1.29, 1.82) is 0 Å². The number of pyridine rings is 1. The molecule has 1 rings (SSSR count). The molecule has 1 aromatic rings. The summed E-state index contributed by atoms with van der Waals surface area (Å²) in [5.74, 6) is -0.329. The highest BCUT2D eigenvalue weighted by atomic mass is 16.3. The maximum Gasteiger partial charge on any atom is 0.251 e. The van der Waals surface area contributed by atoms with E-state index in [1.165, 1.54) is 18.3 Å². The number of aliphatic hydroxyl groups is 1. The summed E-state index contributed by atoms with van der Waals surface area (Å²) in [4.78, 5) is 25.1. The molecule has 2 atom stereocenters. The first-order chi connectivity index (χ1) is 7.54. The smallest absolute Gasteiger partial charge is 0.251 e. The molecule has 0 fully saturated rings. The summed E-state index contributed by atoms with van der Waals surface area (Å²) in [5, 5.41) is 11.6. The van der Waals surface area contributed by atoms with E-state index in [0.29, 0.717) is 5.56 Å². The number of carbonyl (C=O) groups is 1. The van der Waals surface area contributed by atoms with E-state index < -0.39 is 0 Å². The molecule has 3 N–H and O–H groups in total. The minimum Gasteiger partial charge on any atom is -0.396 e. The molecule has 5 nitrogen and oxygen atoms in total. The first kappa shape index (κ1) is 12.4. The molecule has 0 radical (unpaired) electrons. The monoisotopic (exact) mass is 224 g/mol. The van der Waals surface area contributed by atoms with Crippen LogP contribution in [0.5, 0.6) is 0 Å². The third-order valence-electron chi connectivity index (χ3n) is 2.54. The van der Waals surface area contributed by atoms with E-state index >= 15 is 0 Å². The molecule has 5 heteroatoms. The molecule has 0 aromatic carbocycles. The standard InChI is InChI=1S/C11H16N2O3/c1-7(6-14)8(2)13-11(16)9-3-4-12-10(15)5-9/h3-5,7-8,14H,6H2,1-2H3,(H,12,15)(H,13,16). The van der Waals surface area contributed by atoms with Crippen molar-refractivity contribution in [3.8, 4) is 0 Å². The summed E-state index contributed by atoms with van der Waals surface area (Å²) in [7, 11) is 0. The largest absolute Gasteiger partial charge is 0.396 e. The summed E-state index contributed by atoms with van der Waals surface area (Å²) in [6.45, 7) is 3.66. The van der Waals surface area contributed by atoms with Gasteiger partial charge < -0.3 is 15.4 Å². The second-order valence-corrected chi connectivity index (χ2v) is 3.86. The van der Waals surface area contributed by atoms with Gasteiger partial charge in [0.15, 0.2) is 0 Å². The summed E-state index contributed by atoms with van der Waals surface area (Å²) >= 11 is 0. The van der Waals surface area contributed by atoms with E-state index in [0.717, 1.165) is 0 Å². The molecule has 0 aliphatic rings. The van der Waals surface area contributed by atoms with Gasteiger partial charge in [-0.3, -0.25) is 9.59 Å². The number of amides is 1. The number of aromatic amines is 1. The minimum atomic E-state index is -0.310. The number of hydrogen-bond acceptors (Lipinski definition) is 3. The number of H-pyrrole nitrogens is 1. The van der Waals surface area contributed by atoms with Crippen LogP contribution in [0.4, 0.5) is 0 Å². The van der Waals surface area contributed by atoms with E-state index in [1.807, 2.05) is 13.8 Å². The molecule has 88 valence electrons. The molecular weight excluding hydrogens is 208 g/mol. The van der Waals surface area contributed by atoms with Gasteiger partial charge in [-0.25, -0.2) is 0 Å². The van der Waals surface area contributed by atoms with Crippen molar-refractivity contribution in [2.24, 2.45) is 5.92 Å². The zero-order chi connectivity index (χ0) is 12.1. The number of aromatic nitrogens is 1. The Hall–Kier alpha value is -1.62. The van der Waals surface area contributed by atoms with Gasteiger partial charge in [0.25, 0.3) is 5.91 Å². The van der Waals surface area contributed by atoms with Gasteiger partial charge in [-0.2, -0.15) is 0 Å². The first-order valence-electron chi connectivity index (χ1n) is 5.15. The lowest BCUT2D eigenvalue weighted by atomic mass is 10.0. The molecule has 1 aromatic heterocycles. The van der Waals surface area contributed by atoms with Crippen LogP contribution in [0.15, 0.2) is 23.1 Å². The summed E-state index contributed by atoms with van der Waals surface area (Å²) in [6.07, 6.45) is 1.43. The van der Waals surface area contributed by atoms with Gasteiger partial charge >= 0.3 is 0 Å². The molecule has 1 heterocycles. The average molecular weight is 224 g/mol. The maximum absolute atomic E-state index is 11.7. The van der Waals surface area contributed by atoms with Crippen molar-refractivity contribution in [2.45, 2.75) is 19.9 Å². The van der Waals surface area contributed by atoms with Crippen LogP contribution in [0.25, 0.3) is 0 Å². The van der Waals surface area contributed by atoms with Crippen LogP contribution in [0.1, 0.15) is 24.2 Å². The van der Waals surface area contributed by atoms with E-state index in [9.17, 15) is 9.59 Å². The fraction of sp³-hybridized carbons (Fsp3) is 0.455. The molecular formula is C11H16N2O3. The number of carbonyl (C=O) groups excluding carboxylic acids is 1. The van der Waals surface area contributed by atoms with Crippen molar-refractivity contribution in [3.05, 3.63) is 34.2 Å². The lowest BCUT2D eigenvalue weighted by molar-refractivity contribution is 0.0916. The van der Waals surface area contributed by atoms with Gasteiger partial charge in [0.2, 0.25) is 5.56 Å². The third kappa shape index (κ3) is 3.20. The quantitative estimate of drug-likeness (QED) is 0.679. The van der Waals surface area contributed by atoms with Crippen molar-refractivity contribution in [2.75, 3.05) is 6.61 Å². The second kappa shape index (κ2) is 5.46. The Bertz CT molecular complexity index is 414. The molecule has 0 saturated carbocycles. The van der Waals surface area contributed by atoms with Crippen LogP contribution in [-0.4, -0.2) is 28.6 Å². The van der Waals surface area contributed by atoms with Gasteiger partial charge in [-0.1, -0.05) is 6.92 Å². The van der Waals surface area contributed by atoms with Gasteiger partial charge in [0, 0.05) is 30.5 Å². The first-order valence-corrected chi connectivity index (χ1v) is 5.15. The van der Waals surface area contributed by atoms with Crippen molar-refractivity contribution >= 4 is 5.91 Å². The van der Waals surface area contributed by atoms with Crippen LogP contribution < -0.4 is 10.9 Å². The van der Waals surface area contributed by atoms with Crippen LogP contribution in [0.3, 0.4) is 0 Å². The number of hydrogen-bond donors (Lipinski definition) is 3. The minimum absolute atomic E-state index is 0.0107. The molecule has 0 aliphatic carbocycles. The second-order valence-electron chi connectivity index (χ2n) is 3.86. The zero-order valence-corrected chi connectivity index (χ0v) is 9.36. The number of aliphatic hydroxyl groups excluding tert-OH is 1. The summed E-state index contributed by atoms with van der Waals surface area (Å²) in [5.41, 5.74) is 0.0104. The van der Waals surface area contributed by atoms with Gasteiger partial charge in [-0.15, -0.1) is 0 Å². The molecule has 0 aliphatic heterocycles. The SMILES string of the molecule is CC(CO)C(C)NC(=O)c1cc[nH]c(=O)c1. The van der Waals surface area contributed by atoms with E-state index in [-0.39, 0.29) is 30.0 Å². The van der Waals surface area contributed by atoms with Crippen molar-refractivity contribution in [1.82, 2.24) is 10.3 Å².